The monoisotopic (exact) mass is 426 g/mol. The maximum absolute atomic E-state index is 12.5. The summed E-state index contributed by atoms with van der Waals surface area (Å²) in [6.07, 6.45) is 3.47. The van der Waals surface area contributed by atoms with E-state index in [2.05, 4.69) is 26.3 Å². The summed E-state index contributed by atoms with van der Waals surface area (Å²) in [5.74, 6) is -0.331. The minimum Gasteiger partial charge on any atom is -0.349 e. The predicted molar refractivity (Wildman–Crippen MR) is 122 cm³/mol. The maximum Gasteiger partial charge on any atom is 0.269 e. The normalized spacial score (nSPS) is 11.3. The standard InChI is InChI=1S/C24H22N6O2/c1-24(2,13-25)14-27-23(32)19-6-4-5-18(28-19)17-9-16-10-20(29-22(16)26-11-17)15-7-8-21(31)30(3)12-15/h4-12H,14H2,1-3H3,(H,26,29)(H,27,32). The van der Waals surface area contributed by atoms with Crippen LogP contribution in [-0.2, 0) is 7.05 Å². The zero-order valence-corrected chi connectivity index (χ0v) is 18.0. The van der Waals surface area contributed by atoms with Crippen LogP contribution in [-0.4, -0.2) is 32.0 Å². The number of hydrogen-bond acceptors (Lipinski definition) is 5. The van der Waals surface area contributed by atoms with E-state index in [9.17, 15) is 9.59 Å². The molecule has 4 heterocycles. The molecule has 4 rings (SSSR count). The molecule has 160 valence electrons. The van der Waals surface area contributed by atoms with Gasteiger partial charge >= 0.3 is 0 Å². The van der Waals surface area contributed by atoms with E-state index in [1.54, 1.807) is 51.5 Å². The quantitative estimate of drug-likeness (QED) is 0.508. The summed E-state index contributed by atoms with van der Waals surface area (Å²) in [5, 5.41) is 12.8. The fourth-order valence-electron chi connectivity index (χ4n) is 3.22. The molecule has 0 spiro atoms. The van der Waals surface area contributed by atoms with Crippen molar-refractivity contribution in [3.8, 4) is 28.6 Å². The molecule has 32 heavy (non-hydrogen) atoms. The Balaban J connectivity index is 1.62. The average molecular weight is 426 g/mol. The SMILES string of the molecule is Cn1cc(-c2cc3cc(-c4cccc(C(=O)NCC(C)(C)C#N)n4)cnc3[nH]2)ccc1=O. The number of H-pyrrole nitrogens is 1. The molecule has 0 saturated carbocycles. The zero-order valence-electron chi connectivity index (χ0n) is 18.0. The van der Waals surface area contributed by atoms with Gasteiger partial charge in [0.05, 0.1) is 17.2 Å². The minimum absolute atomic E-state index is 0.0727. The summed E-state index contributed by atoms with van der Waals surface area (Å²) >= 11 is 0. The molecule has 0 aliphatic rings. The number of fused-ring (bicyclic) bond motifs is 1. The molecule has 4 aromatic heterocycles. The molecule has 4 aromatic rings. The summed E-state index contributed by atoms with van der Waals surface area (Å²) in [5.41, 5.74) is 3.38. The third-order valence-corrected chi connectivity index (χ3v) is 5.14. The molecule has 1 amide bonds. The second-order valence-corrected chi connectivity index (χ2v) is 8.30. The van der Waals surface area contributed by atoms with E-state index in [0.29, 0.717) is 11.3 Å². The lowest BCUT2D eigenvalue weighted by Crippen LogP contribution is -2.33. The molecule has 0 aliphatic heterocycles. The molecule has 0 aliphatic carbocycles. The fraction of sp³-hybridized carbons (Fsp3) is 0.208. The Morgan fingerprint density at radius 3 is 2.78 bits per heavy atom. The Kier molecular flexibility index (Phi) is 5.33. The van der Waals surface area contributed by atoms with Gasteiger partial charge in [-0.1, -0.05) is 6.07 Å². The lowest BCUT2D eigenvalue weighted by atomic mass is 9.96. The van der Waals surface area contributed by atoms with E-state index in [1.807, 2.05) is 18.2 Å². The second kappa shape index (κ2) is 8.12. The van der Waals surface area contributed by atoms with Gasteiger partial charge in [-0.25, -0.2) is 9.97 Å². The molecule has 8 heteroatoms. The number of hydrogen-bond donors (Lipinski definition) is 2. The summed E-state index contributed by atoms with van der Waals surface area (Å²) in [6, 6.07) is 14.6. The Hall–Kier alpha value is -4.25. The van der Waals surface area contributed by atoms with Gasteiger partial charge in [0.1, 0.15) is 11.3 Å². The van der Waals surface area contributed by atoms with Crippen molar-refractivity contribution in [2.24, 2.45) is 12.5 Å². The summed E-state index contributed by atoms with van der Waals surface area (Å²) in [6.45, 7) is 3.76. The molecule has 0 saturated heterocycles. The van der Waals surface area contributed by atoms with Gasteiger partial charge in [-0.05, 0) is 44.2 Å². The fourth-order valence-corrected chi connectivity index (χ4v) is 3.22. The summed E-state index contributed by atoms with van der Waals surface area (Å²) < 4.78 is 1.53. The molecule has 0 unspecified atom stereocenters. The minimum atomic E-state index is -0.653. The van der Waals surface area contributed by atoms with Gasteiger partial charge in [-0.15, -0.1) is 0 Å². The van der Waals surface area contributed by atoms with Crippen molar-refractivity contribution in [3.05, 3.63) is 70.9 Å². The van der Waals surface area contributed by atoms with Crippen LogP contribution in [0.1, 0.15) is 24.3 Å². The van der Waals surface area contributed by atoms with Crippen LogP contribution in [0.25, 0.3) is 33.5 Å². The van der Waals surface area contributed by atoms with E-state index in [1.165, 1.54) is 10.6 Å². The van der Waals surface area contributed by atoms with Gasteiger partial charge in [0.25, 0.3) is 5.91 Å². The lowest BCUT2D eigenvalue weighted by Gasteiger charge is -2.15. The summed E-state index contributed by atoms with van der Waals surface area (Å²) in [4.78, 5) is 36.4. The molecule has 0 bridgehead atoms. The van der Waals surface area contributed by atoms with E-state index < -0.39 is 5.41 Å². The third-order valence-electron chi connectivity index (χ3n) is 5.14. The van der Waals surface area contributed by atoms with Crippen molar-refractivity contribution < 1.29 is 4.79 Å². The first-order valence-electron chi connectivity index (χ1n) is 10.1. The van der Waals surface area contributed by atoms with Crippen molar-refractivity contribution in [1.82, 2.24) is 24.8 Å². The Bertz CT molecular complexity index is 1420. The largest absolute Gasteiger partial charge is 0.349 e. The van der Waals surface area contributed by atoms with Gasteiger partial charge in [0.15, 0.2) is 0 Å². The van der Waals surface area contributed by atoms with Crippen LogP contribution in [0.15, 0.2) is 59.7 Å². The van der Waals surface area contributed by atoms with Crippen LogP contribution in [0.3, 0.4) is 0 Å². The Morgan fingerprint density at radius 2 is 2.03 bits per heavy atom. The first-order chi connectivity index (χ1) is 15.3. The highest BCUT2D eigenvalue weighted by atomic mass is 16.2. The number of aryl methyl sites for hydroxylation is 1. The second-order valence-electron chi connectivity index (χ2n) is 8.30. The molecule has 0 aromatic carbocycles. The van der Waals surface area contributed by atoms with Crippen molar-refractivity contribution in [2.45, 2.75) is 13.8 Å². The number of nitrogens with zero attached hydrogens (tertiary/aromatic N) is 4. The number of nitrogens with one attached hydrogen (secondary N) is 2. The average Bonchev–Trinajstić information content (AvgIpc) is 3.23. The van der Waals surface area contributed by atoms with Crippen molar-refractivity contribution in [3.63, 3.8) is 0 Å². The highest BCUT2D eigenvalue weighted by Crippen LogP contribution is 2.26. The lowest BCUT2D eigenvalue weighted by molar-refractivity contribution is 0.0939. The first kappa shape index (κ1) is 21.0. The number of nitriles is 1. The molecular formula is C24H22N6O2. The van der Waals surface area contributed by atoms with E-state index >= 15 is 0 Å². The van der Waals surface area contributed by atoms with Crippen LogP contribution >= 0.6 is 0 Å². The number of aromatic nitrogens is 4. The Morgan fingerprint density at radius 1 is 1.22 bits per heavy atom. The van der Waals surface area contributed by atoms with E-state index in [0.717, 1.165) is 22.2 Å². The van der Waals surface area contributed by atoms with Gasteiger partial charge in [-0.2, -0.15) is 5.26 Å². The van der Waals surface area contributed by atoms with Crippen molar-refractivity contribution in [2.75, 3.05) is 6.54 Å². The van der Waals surface area contributed by atoms with Crippen LogP contribution in [0.5, 0.6) is 0 Å². The molecule has 2 N–H and O–H groups in total. The van der Waals surface area contributed by atoms with Gasteiger partial charge < -0.3 is 14.9 Å². The molecule has 0 fully saturated rings. The number of aromatic amines is 1. The van der Waals surface area contributed by atoms with Crippen LogP contribution in [0, 0.1) is 16.7 Å². The molecular weight excluding hydrogens is 404 g/mol. The first-order valence-corrected chi connectivity index (χ1v) is 10.1. The van der Waals surface area contributed by atoms with E-state index in [-0.39, 0.29) is 23.7 Å². The van der Waals surface area contributed by atoms with Crippen LogP contribution in [0.2, 0.25) is 0 Å². The maximum atomic E-state index is 12.5. The highest BCUT2D eigenvalue weighted by molar-refractivity contribution is 5.93. The molecule has 0 atom stereocenters. The number of carbonyl (C=O) groups excluding carboxylic acids is 1. The number of amides is 1. The number of carbonyl (C=O) groups is 1. The van der Waals surface area contributed by atoms with E-state index in [4.69, 9.17) is 5.26 Å². The number of rotatable bonds is 5. The van der Waals surface area contributed by atoms with Crippen LogP contribution in [0.4, 0.5) is 0 Å². The third kappa shape index (κ3) is 4.27. The molecule has 8 nitrogen and oxygen atoms in total. The Labute approximate surface area is 184 Å². The highest BCUT2D eigenvalue weighted by Gasteiger charge is 2.19. The van der Waals surface area contributed by atoms with Gasteiger partial charge in [-0.3, -0.25) is 9.59 Å². The van der Waals surface area contributed by atoms with Crippen molar-refractivity contribution in [1.29, 1.82) is 5.26 Å². The van der Waals surface area contributed by atoms with Gasteiger partial charge in [0, 0.05) is 54.3 Å². The van der Waals surface area contributed by atoms with Gasteiger partial charge in [0.2, 0.25) is 5.56 Å². The number of pyridine rings is 3. The van der Waals surface area contributed by atoms with Crippen LogP contribution < -0.4 is 10.9 Å². The molecule has 0 radical (unpaired) electrons. The zero-order chi connectivity index (χ0) is 22.9. The van der Waals surface area contributed by atoms with Crippen molar-refractivity contribution >= 4 is 16.9 Å². The smallest absolute Gasteiger partial charge is 0.269 e. The topological polar surface area (TPSA) is 116 Å². The predicted octanol–water partition coefficient (Wildman–Crippen LogP) is 3.27. The summed E-state index contributed by atoms with van der Waals surface area (Å²) in [7, 11) is 1.71.